The van der Waals surface area contributed by atoms with E-state index in [0.29, 0.717) is 0 Å². The normalized spacial score (nSPS) is 15.8. The molecule has 1 aliphatic rings. The molecular formula is C12H15ClN2S. The molecule has 0 atom stereocenters. The number of benzene rings is 1. The van der Waals surface area contributed by atoms with E-state index in [1.54, 1.807) is 0 Å². The highest BCUT2D eigenvalue weighted by Gasteiger charge is 2.19. The van der Waals surface area contributed by atoms with Gasteiger partial charge in [-0.1, -0.05) is 23.7 Å². The maximum absolute atomic E-state index is 6.21. The number of halogens is 1. The minimum absolute atomic E-state index is 0.814. The maximum Gasteiger partial charge on any atom is 0.0727 e. The van der Waals surface area contributed by atoms with Gasteiger partial charge in [0.2, 0.25) is 0 Å². The molecule has 0 aliphatic carbocycles. The zero-order chi connectivity index (χ0) is 11.5. The van der Waals surface area contributed by atoms with Crippen LogP contribution < -0.4 is 4.90 Å². The minimum atomic E-state index is 0.814. The Morgan fingerprint density at radius 3 is 2.81 bits per heavy atom. The van der Waals surface area contributed by atoms with Gasteiger partial charge in [0.25, 0.3) is 0 Å². The lowest BCUT2D eigenvalue weighted by atomic mass is 10.2. The van der Waals surface area contributed by atoms with Gasteiger partial charge in [0.1, 0.15) is 0 Å². The van der Waals surface area contributed by atoms with Gasteiger partial charge in [-0.15, -0.1) is 11.8 Å². The predicted molar refractivity (Wildman–Crippen MR) is 73.0 cm³/mol. The second-order valence-electron chi connectivity index (χ2n) is 4.02. The molecule has 1 aliphatic heterocycles. The van der Waals surface area contributed by atoms with Crippen LogP contribution in [0.2, 0.25) is 5.02 Å². The molecule has 16 heavy (non-hydrogen) atoms. The summed E-state index contributed by atoms with van der Waals surface area (Å²) in [4.78, 5) is 4.44. The third-order valence-corrected chi connectivity index (χ3v) is 3.56. The predicted octanol–water partition coefficient (Wildman–Crippen LogP) is 3.25. The van der Waals surface area contributed by atoms with Crippen LogP contribution in [0.15, 0.2) is 35.4 Å². The van der Waals surface area contributed by atoms with Crippen LogP contribution in [0.3, 0.4) is 0 Å². The summed E-state index contributed by atoms with van der Waals surface area (Å²) in [6.45, 7) is 0.943. The smallest absolute Gasteiger partial charge is 0.0727 e. The Kier molecular flexibility index (Phi) is 3.79. The lowest BCUT2D eigenvalue weighted by molar-refractivity contribution is 0.442. The fraction of sp³-hybridized carbons (Fsp3) is 0.333. The van der Waals surface area contributed by atoms with Crippen LogP contribution in [-0.4, -0.2) is 31.4 Å². The molecule has 4 heteroatoms. The van der Waals surface area contributed by atoms with Gasteiger partial charge < -0.3 is 9.80 Å². The molecule has 0 radical (unpaired) electrons. The SMILES string of the molecule is CN(C)CC1=CSCN1c1ccccc1Cl. The molecule has 0 N–H and O–H groups in total. The van der Waals surface area contributed by atoms with Crippen molar-refractivity contribution in [2.24, 2.45) is 0 Å². The van der Waals surface area contributed by atoms with Crippen LogP contribution in [-0.2, 0) is 0 Å². The minimum Gasteiger partial charge on any atom is -0.332 e. The van der Waals surface area contributed by atoms with E-state index in [9.17, 15) is 0 Å². The summed E-state index contributed by atoms with van der Waals surface area (Å²) in [7, 11) is 4.16. The summed E-state index contributed by atoms with van der Waals surface area (Å²) in [5.74, 6) is 0.951. The van der Waals surface area contributed by atoms with E-state index >= 15 is 0 Å². The van der Waals surface area contributed by atoms with Crippen molar-refractivity contribution in [2.75, 3.05) is 31.4 Å². The molecule has 0 aromatic heterocycles. The quantitative estimate of drug-likeness (QED) is 0.818. The summed E-state index contributed by atoms with van der Waals surface area (Å²) < 4.78 is 0. The number of anilines is 1. The summed E-state index contributed by atoms with van der Waals surface area (Å²) >= 11 is 8.03. The Bertz CT molecular complexity index is 404. The molecule has 2 rings (SSSR count). The maximum atomic E-state index is 6.21. The third kappa shape index (κ3) is 2.54. The van der Waals surface area contributed by atoms with Gasteiger partial charge in [0.05, 0.1) is 16.6 Å². The van der Waals surface area contributed by atoms with Gasteiger partial charge in [0, 0.05) is 12.2 Å². The average Bonchev–Trinajstić information content (AvgIpc) is 2.66. The Morgan fingerprint density at radius 2 is 2.12 bits per heavy atom. The summed E-state index contributed by atoms with van der Waals surface area (Å²) in [5.41, 5.74) is 2.41. The molecule has 0 saturated heterocycles. The van der Waals surface area contributed by atoms with Crippen LogP contribution in [0, 0.1) is 0 Å². The van der Waals surface area contributed by atoms with Gasteiger partial charge in [-0.05, 0) is 31.6 Å². The molecule has 0 saturated carbocycles. The van der Waals surface area contributed by atoms with Crippen molar-refractivity contribution >= 4 is 29.1 Å². The van der Waals surface area contributed by atoms with Crippen molar-refractivity contribution < 1.29 is 0 Å². The van der Waals surface area contributed by atoms with Crippen LogP contribution in [0.1, 0.15) is 0 Å². The molecule has 1 aromatic rings. The van der Waals surface area contributed by atoms with Crippen LogP contribution in [0.5, 0.6) is 0 Å². The molecule has 1 heterocycles. The van der Waals surface area contributed by atoms with Gasteiger partial charge in [-0.25, -0.2) is 0 Å². The number of rotatable bonds is 3. The Balaban J connectivity index is 2.22. The largest absolute Gasteiger partial charge is 0.332 e. The fourth-order valence-electron chi connectivity index (χ4n) is 1.70. The van der Waals surface area contributed by atoms with E-state index in [1.165, 1.54) is 5.70 Å². The third-order valence-electron chi connectivity index (χ3n) is 2.39. The van der Waals surface area contributed by atoms with Gasteiger partial charge >= 0.3 is 0 Å². The molecule has 0 amide bonds. The number of nitrogens with zero attached hydrogens (tertiary/aromatic N) is 2. The number of thioether (sulfide) groups is 1. The second-order valence-corrected chi connectivity index (χ2v) is 5.26. The molecular weight excluding hydrogens is 240 g/mol. The molecule has 2 nitrogen and oxygen atoms in total. The van der Waals surface area contributed by atoms with E-state index in [4.69, 9.17) is 11.6 Å². The van der Waals surface area contributed by atoms with E-state index < -0.39 is 0 Å². The van der Waals surface area contributed by atoms with Gasteiger partial charge in [-0.3, -0.25) is 0 Å². The summed E-state index contributed by atoms with van der Waals surface area (Å²) in [6, 6.07) is 7.99. The molecule has 0 fully saturated rings. The van der Waals surface area contributed by atoms with E-state index in [-0.39, 0.29) is 0 Å². The Hall–Kier alpha value is -0.640. The van der Waals surface area contributed by atoms with Crippen molar-refractivity contribution in [1.29, 1.82) is 0 Å². The highest BCUT2D eigenvalue weighted by atomic mass is 35.5. The number of para-hydroxylation sites is 1. The van der Waals surface area contributed by atoms with E-state index in [1.807, 2.05) is 30.0 Å². The summed E-state index contributed by atoms with van der Waals surface area (Å²) in [6.07, 6.45) is 0. The van der Waals surface area contributed by atoms with Crippen molar-refractivity contribution in [1.82, 2.24) is 4.90 Å². The van der Waals surface area contributed by atoms with Crippen molar-refractivity contribution in [3.8, 4) is 0 Å². The first kappa shape index (κ1) is 11.8. The van der Waals surface area contributed by atoms with Gasteiger partial charge in [0.15, 0.2) is 0 Å². The lowest BCUT2D eigenvalue weighted by Crippen LogP contribution is -2.26. The van der Waals surface area contributed by atoms with Gasteiger partial charge in [-0.2, -0.15) is 0 Å². The number of hydrogen-bond donors (Lipinski definition) is 0. The van der Waals surface area contributed by atoms with E-state index in [2.05, 4.69) is 35.4 Å². The zero-order valence-corrected chi connectivity index (χ0v) is 11.1. The van der Waals surface area contributed by atoms with Crippen molar-refractivity contribution in [2.45, 2.75) is 0 Å². The lowest BCUT2D eigenvalue weighted by Gasteiger charge is -2.24. The van der Waals surface area contributed by atoms with Crippen LogP contribution in [0.25, 0.3) is 0 Å². The highest BCUT2D eigenvalue weighted by molar-refractivity contribution is 8.02. The topological polar surface area (TPSA) is 6.48 Å². The number of likely N-dealkylation sites (N-methyl/N-ethyl adjacent to an activating group) is 1. The Morgan fingerprint density at radius 1 is 1.38 bits per heavy atom. The highest BCUT2D eigenvalue weighted by Crippen LogP contribution is 2.34. The first-order valence-corrected chi connectivity index (χ1v) is 6.58. The van der Waals surface area contributed by atoms with Crippen molar-refractivity contribution in [3.05, 3.63) is 40.4 Å². The first-order chi connectivity index (χ1) is 7.68. The first-order valence-electron chi connectivity index (χ1n) is 5.16. The number of hydrogen-bond acceptors (Lipinski definition) is 3. The molecule has 0 unspecified atom stereocenters. The molecule has 1 aromatic carbocycles. The zero-order valence-electron chi connectivity index (χ0n) is 9.48. The second kappa shape index (κ2) is 5.13. The molecule has 0 bridgehead atoms. The average molecular weight is 255 g/mol. The molecule has 0 spiro atoms. The van der Waals surface area contributed by atoms with Crippen molar-refractivity contribution in [3.63, 3.8) is 0 Å². The Labute approximate surface area is 106 Å². The summed E-state index contributed by atoms with van der Waals surface area (Å²) in [5, 5.41) is 3.03. The van der Waals surface area contributed by atoms with Crippen LogP contribution >= 0.6 is 23.4 Å². The van der Waals surface area contributed by atoms with Crippen LogP contribution in [0.4, 0.5) is 5.69 Å². The fourth-order valence-corrected chi connectivity index (χ4v) is 2.86. The molecule has 86 valence electrons. The van der Waals surface area contributed by atoms with E-state index in [0.717, 1.165) is 23.1 Å². The standard InChI is InChI=1S/C12H15ClN2S/c1-14(2)7-10-8-16-9-15(10)12-6-4-3-5-11(12)13/h3-6,8H,7,9H2,1-2H3. The monoisotopic (exact) mass is 254 g/mol.